The normalized spacial score (nSPS) is 14.4. The zero-order valence-corrected chi connectivity index (χ0v) is 25.7. The Bertz CT molecular complexity index is 1820. The van der Waals surface area contributed by atoms with Crippen LogP contribution in [0.5, 0.6) is 11.5 Å². The van der Waals surface area contributed by atoms with E-state index < -0.39 is 0 Å². The van der Waals surface area contributed by atoms with Crippen LogP contribution >= 0.6 is 46.4 Å². The van der Waals surface area contributed by atoms with Crippen LogP contribution in [0.1, 0.15) is 0 Å². The third-order valence-electron chi connectivity index (χ3n) is 6.90. The number of fused-ring (bicyclic) bond motifs is 2. The summed E-state index contributed by atoms with van der Waals surface area (Å²) in [6.07, 6.45) is 5.20. The molecule has 4 aromatic rings. The number of ether oxygens (including phenoxy) is 3. The smallest absolute Gasteiger partial charge is 0.276 e. The first-order chi connectivity index (χ1) is 20.7. The molecule has 43 heavy (non-hydrogen) atoms. The highest BCUT2D eigenvalue weighted by Crippen LogP contribution is 2.34. The first-order valence-electron chi connectivity index (χ1n) is 13.2. The van der Waals surface area contributed by atoms with Crippen molar-refractivity contribution in [1.82, 2.24) is 18.7 Å². The highest BCUT2D eigenvalue weighted by molar-refractivity contribution is 6.33. The summed E-state index contributed by atoms with van der Waals surface area (Å²) in [5.41, 5.74) is 1.64. The van der Waals surface area contributed by atoms with Gasteiger partial charge in [-0.15, -0.1) is 6.42 Å². The van der Waals surface area contributed by atoms with Gasteiger partial charge < -0.3 is 19.3 Å². The maximum Gasteiger partial charge on any atom is 0.276 e. The molecule has 0 bridgehead atoms. The lowest BCUT2D eigenvalue weighted by Crippen LogP contribution is -2.23. The third kappa shape index (κ3) is 6.34. The molecule has 2 aliphatic heterocycles. The zero-order valence-electron chi connectivity index (χ0n) is 22.7. The largest absolute Gasteiger partial charge is 0.506 e. The van der Waals surface area contributed by atoms with Gasteiger partial charge in [0.1, 0.15) is 28.4 Å². The van der Waals surface area contributed by atoms with Gasteiger partial charge in [-0.2, -0.15) is 0 Å². The minimum absolute atomic E-state index is 0.0747. The van der Waals surface area contributed by atoms with E-state index in [2.05, 4.69) is 5.92 Å². The maximum atomic E-state index is 12.7. The second kappa shape index (κ2) is 13.6. The van der Waals surface area contributed by atoms with Gasteiger partial charge in [0.05, 0.1) is 73.8 Å². The summed E-state index contributed by atoms with van der Waals surface area (Å²) in [5.74, 6) is 2.73. The van der Waals surface area contributed by atoms with E-state index in [9.17, 15) is 14.7 Å². The average Bonchev–Trinajstić information content (AvgIpc) is 3.24. The molecule has 4 heterocycles. The van der Waals surface area contributed by atoms with Gasteiger partial charge in [0, 0.05) is 0 Å². The first-order valence-corrected chi connectivity index (χ1v) is 14.7. The van der Waals surface area contributed by atoms with Crippen molar-refractivity contribution in [2.75, 3.05) is 33.0 Å². The van der Waals surface area contributed by atoms with Gasteiger partial charge in [0.15, 0.2) is 0 Å². The van der Waals surface area contributed by atoms with Crippen LogP contribution in [-0.4, -0.2) is 56.9 Å². The minimum atomic E-state index is -0.192. The van der Waals surface area contributed by atoms with E-state index in [0.717, 1.165) is 0 Å². The molecular weight excluding hydrogens is 642 g/mol. The van der Waals surface area contributed by atoms with Crippen molar-refractivity contribution in [1.29, 1.82) is 0 Å². The number of rotatable bonds is 4. The van der Waals surface area contributed by atoms with E-state index in [1.165, 1.54) is 6.07 Å². The van der Waals surface area contributed by atoms with Gasteiger partial charge in [-0.25, -0.2) is 9.36 Å². The van der Waals surface area contributed by atoms with Gasteiger partial charge in [-0.05, 0) is 35.4 Å². The van der Waals surface area contributed by atoms with Gasteiger partial charge in [-0.3, -0.25) is 19.0 Å². The van der Waals surface area contributed by atoms with Crippen molar-refractivity contribution in [2.45, 2.75) is 26.2 Å². The summed E-state index contributed by atoms with van der Waals surface area (Å²) < 4.78 is 22.7. The summed E-state index contributed by atoms with van der Waals surface area (Å²) >= 11 is 24.6. The minimum Gasteiger partial charge on any atom is -0.506 e. The molecule has 0 aliphatic carbocycles. The molecule has 10 nitrogen and oxygen atoms in total. The number of nitrogens with zero attached hydrogens (tertiary/aromatic N) is 4. The fourth-order valence-electron chi connectivity index (χ4n) is 4.86. The molecule has 0 amide bonds. The molecule has 2 aromatic heterocycles. The number of halogens is 4. The third-order valence-corrected chi connectivity index (χ3v) is 8.30. The second-order valence-corrected chi connectivity index (χ2v) is 11.0. The van der Waals surface area contributed by atoms with E-state index in [0.29, 0.717) is 95.9 Å². The summed E-state index contributed by atoms with van der Waals surface area (Å²) in [5, 5.41) is 11.1. The number of hydrogen-bond donors (Lipinski definition) is 1. The van der Waals surface area contributed by atoms with E-state index in [-0.39, 0.29) is 28.5 Å². The van der Waals surface area contributed by atoms with Gasteiger partial charge >= 0.3 is 0 Å². The molecule has 0 unspecified atom stereocenters. The standard InChI is InChI=1S/C16H14Cl2N2O3.C13H12Cl2N2O3/c1-2-7-23-13-10-11(3-4-12(13)17)14-15(18)19-5-8-22-9-6-20(19)16(14)21;14-9-2-1-8(7-10(9)18)11-12(15)16-3-5-20-6-4-17(16)13(11)19/h1,3-4,10H,5-9H2;1-2,7,18H,3-6H2. The molecule has 2 aromatic carbocycles. The number of phenolic OH excluding ortho intramolecular Hbond substituents is 1. The fourth-order valence-corrected chi connectivity index (χ4v) is 5.88. The molecule has 14 heteroatoms. The quantitative estimate of drug-likeness (QED) is 0.307. The van der Waals surface area contributed by atoms with Crippen LogP contribution in [-0.2, 0) is 35.7 Å². The second-order valence-electron chi connectivity index (χ2n) is 9.46. The Kier molecular flexibility index (Phi) is 9.82. The Morgan fingerprint density at radius 1 is 0.744 bits per heavy atom. The molecule has 1 N–H and O–H groups in total. The Morgan fingerprint density at radius 3 is 1.70 bits per heavy atom. The highest BCUT2D eigenvalue weighted by Gasteiger charge is 2.23. The van der Waals surface area contributed by atoms with Crippen LogP contribution in [0.2, 0.25) is 20.4 Å². The van der Waals surface area contributed by atoms with Crippen molar-refractivity contribution in [3.8, 4) is 46.1 Å². The van der Waals surface area contributed by atoms with Gasteiger partial charge in [0.25, 0.3) is 11.1 Å². The summed E-state index contributed by atoms with van der Waals surface area (Å²) in [4.78, 5) is 25.2. The number of aromatic hydroxyl groups is 1. The Hall–Kier alpha value is -3.30. The topological polar surface area (TPSA) is 102 Å². The number of terminal acetylenes is 1. The molecule has 6 rings (SSSR count). The molecule has 0 atom stereocenters. The SMILES string of the molecule is C#CCOc1cc(-c2c(Cl)n3n(c2=O)CCOCC3)ccc1Cl.O=c1c(-c2ccc(Cl)c(O)c2)c(Cl)n2n1CCOCC2. The molecular formula is C29H26Cl4N4O6. The van der Waals surface area contributed by atoms with E-state index >= 15 is 0 Å². The van der Waals surface area contributed by atoms with E-state index in [1.54, 1.807) is 49.1 Å². The maximum absolute atomic E-state index is 12.7. The Morgan fingerprint density at radius 2 is 1.21 bits per heavy atom. The van der Waals surface area contributed by atoms with Crippen molar-refractivity contribution >= 4 is 46.4 Å². The number of hydrogen-bond acceptors (Lipinski definition) is 6. The first kappa shape index (κ1) is 31.1. The monoisotopic (exact) mass is 666 g/mol. The molecule has 226 valence electrons. The Labute approximate surface area is 266 Å². The number of aromatic nitrogens is 4. The average molecular weight is 668 g/mol. The van der Waals surface area contributed by atoms with E-state index in [1.807, 2.05) is 0 Å². The molecule has 2 aliphatic rings. The molecule has 0 saturated carbocycles. The fraction of sp³-hybridized carbons (Fsp3) is 0.310. The van der Waals surface area contributed by atoms with E-state index in [4.69, 9.17) is 67.0 Å². The summed E-state index contributed by atoms with van der Waals surface area (Å²) in [7, 11) is 0. The lowest BCUT2D eigenvalue weighted by molar-refractivity contribution is 0.137. The predicted molar refractivity (Wildman–Crippen MR) is 166 cm³/mol. The van der Waals surface area contributed by atoms with Crippen molar-refractivity contribution < 1.29 is 19.3 Å². The Balaban J connectivity index is 0.000000173. The van der Waals surface area contributed by atoms with Gasteiger partial charge in [-0.1, -0.05) is 64.5 Å². The predicted octanol–water partition coefficient (Wildman–Crippen LogP) is 5.03. The van der Waals surface area contributed by atoms with Crippen LogP contribution in [0.15, 0.2) is 46.0 Å². The lowest BCUT2D eigenvalue weighted by Gasteiger charge is -2.07. The summed E-state index contributed by atoms with van der Waals surface area (Å²) in [6.45, 7) is 4.06. The molecule has 0 saturated heterocycles. The lowest BCUT2D eigenvalue weighted by atomic mass is 10.1. The van der Waals surface area contributed by atoms with Crippen LogP contribution in [0, 0.1) is 12.3 Å². The van der Waals surface area contributed by atoms with Crippen LogP contribution < -0.4 is 15.9 Å². The van der Waals surface area contributed by atoms with Crippen LogP contribution in [0.25, 0.3) is 22.3 Å². The number of benzene rings is 2. The van der Waals surface area contributed by atoms with Crippen molar-refractivity contribution in [3.05, 3.63) is 77.5 Å². The van der Waals surface area contributed by atoms with Crippen molar-refractivity contribution in [3.63, 3.8) is 0 Å². The number of phenols is 1. The van der Waals surface area contributed by atoms with Gasteiger partial charge in [0.2, 0.25) is 0 Å². The zero-order chi connectivity index (χ0) is 30.7. The van der Waals surface area contributed by atoms with Crippen molar-refractivity contribution in [2.24, 2.45) is 0 Å². The molecule has 0 spiro atoms. The summed E-state index contributed by atoms with van der Waals surface area (Å²) in [6, 6.07) is 9.74. The van der Waals surface area contributed by atoms with Crippen LogP contribution in [0.3, 0.4) is 0 Å². The highest BCUT2D eigenvalue weighted by atomic mass is 35.5. The molecule has 0 fully saturated rings. The molecule has 0 radical (unpaired) electrons. The van der Waals surface area contributed by atoms with Crippen LogP contribution in [0.4, 0.5) is 0 Å².